The van der Waals surface area contributed by atoms with Gasteiger partial charge in [0.1, 0.15) is 11.5 Å². The van der Waals surface area contributed by atoms with Crippen molar-refractivity contribution in [2.24, 2.45) is 17.8 Å². The van der Waals surface area contributed by atoms with E-state index in [1.54, 1.807) is 0 Å². The van der Waals surface area contributed by atoms with Crippen molar-refractivity contribution in [2.45, 2.75) is 84.8 Å². The number of benzene rings is 1. The third-order valence-corrected chi connectivity index (χ3v) is 6.53. The number of esters is 1. The van der Waals surface area contributed by atoms with Crippen LogP contribution in [0.3, 0.4) is 0 Å². The predicted molar refractivity (Wildman–Crippen MR) is 121 cm³/mol. The van der Waals surface area contributed by atoms with Gasteiger partial charge in [0.2, 0.25) is 0 Å². The first-order valence-corrected chi connectivity index (χ1v) is 12.3. The lowest BCUT2D eigenvalue weighted by molar-refractivity contribution is -0.230. The van der Waals surface area contributed by atoms with Crippen molar-refractivity contribution in [1.82, 2.24) is 0 Å². The van der Waals surface area contributed by atoms with Gasteiger partial charge in [-0.15, -0.1) is 0 Å². The minimum absolute atomic E-state index is 0.0444. The Hall–Kier alpha value is -1.59. The fourth-order valence-corrected chi connectivity index (χ4v) is 4.54. The van der Waals surface area contributed by atoms with E-state index in [9.17, 15) is 4.79 Å². The van der Waals surface area contributed by atoms with Crippen LogP contribution in [0, 0.1) is 24.7 Å². The van der Waals surface area contributed by atoms with Gasteiger partial charge >= 0.3 is 5.97 Å². The topological polar surface area (TPSA) is 54.0 Å². The van der Waals surface area contributed by atoms with E-state index in [4.69, 9.17) is 18.9 Å². The van der Waals surface area contributed by atoms with Crippen LogP contribution in [-0.4, -0.2) is 32.1 Å². The number of hydrogen-bond acceptors (Lipinski definition) is 5. The van der Waals surface area contributed by atoms with Crippen LogP contribution in [0.5, 0.6) is 11.5 Å². The van der Waals surface area contributed by atoms with Gasteiger partial charge in [0.15, 0.2) is 6.29 Å². The van der Waals surface area contributed by atoms with Crippen LogP contribution in [-0.2, 0) is 14.3 Å². The summed E-state index contributed by atoms with van der Waals surface area (Å²) < 4.78 is 23.5. The van der Waals surface area contributed by atoms with Gasteiger partial charge < -0.3 is 18.9 Å². The van der Waals surface area contributed by atoms with E-state index in [1.807, 2.05) is 25.1 Å². The van der Waals surface area contributed by atoms with Crippen molar-refractivity contribution in [1.29, 1.82) is 0 Å². The zero-order valence-electron chi connectivity index (χ0n) is 19.6. The molecule has 1 saturated heterocycles. The molecule has 5 nitrogen and oxygen atoms in total. The lowest BCUT2D eigenvalue weighted by atomic mass is 9.81. The zero-order valence-corrected chi connectivity index (χ0v) is 19.6. The summed E-state index contributed by atoms with van der Waals surface area (Å²) in [6.07, 6.45) is 9.45. The van der Waals surface area contributed by atoms with E-state index >= 15 is 0 Å². The molecule has 2 fully saturated rings. The standard InChI is InChI=1S/C26H40O5/c1-4-6-7-8-20-17-29-26(30-18-20)22-11-9-21(10-12-22)25(27)31-24-14-13-23(16-19(24)3)28-15-5-2/h13-14,16,20-22,26H,4-12,15,17-18H2,1-3H3. The second kappa shape index (κ2) is 12.4. The second-order valence-electron chi connectivity index (χ2n) is 9.21. The normalized spacial score (nSPS) is 26.4. The molecule has 1 aliphatic heterocycles. The van der Waals surface area contributed by atoms with Gasteiger partial charge in [0, 0.05) is 11.8 Å². The summed E-state index contributed by atoms with van der Waals surface area (Å²) >= 11 is 0. The average Bonchev–Trinajstić information content (AvgIpc) is 2.80. The Labute approximate surface area is 187 Å². The maximum absolute atomic E-state index is 12.7. The first-order valence-electron chi connectivity index (χ1n) is 12.3. The van der Waals surface area contributed by atoms with Gasteiger partial charge in [-0.25, -0.2) is 0 Å². The molecule has 1 aromatic carbocycles. The van der Waals surface area contributed by atoms with E-state index in [0.29, 0.717) is 24.2 Å². The summed E-state index contributed by atoms with van der Waals surface area (Å²) in [5, 5.41) is 0. The van der Waals surface area contributed by atoms with Crippen LogP contribution in [0.2, 0.25) is 0 Å². The van der Waals surface area contributed by atoms with Crippen LogP contribution < -0.4 is 9.47 Å². The summed E-state index contributed by atoms with van der Waals surface area (Å²) in [5.74, 6) is 2.21. The molecule has 3 rings (SSSR count). The quantitative estimate of drug-likeness (QED) is 0.255. The van der Waals surface area contributed by atoms with Crippen LogP contribution in [0.1, 0.15) is 77.2 Å². The Bertz CT molecular complexity index is 672. The molecule has 174 valence electrons. The zero-order chi connectivity index (χ0) is 22.1. The van der Waals surface area contributed by atoms with Gasteiger partial charge in [0.05, 0.1) is 25.7 Å². The van der Waals surface area contributed by atoms with E-state index in [2.05, 4.69) is 13.8 Å². The van der Waals surface area contributed by atoms with Crippen LogP contribution in [0.25, 0.3) is 0 Å². The van der Waals surface area contributed by atoms with Crippen LogP contribution in [0.15, 0.2) is 18.2 Å². The minimum atomic E-state index is -0.120. The van der Waals surface area contributed by atoms with Crippen molar-refractivity contribution in [3.8, 4) is 11.5 Å². The lowest BCUT2D eigenvalue weighted by Gasteiger charge is -2.37. The van der Waals surface area contributed by atoms with E-state index in [-0.39, 0.29) is 18.2 Å². The Morgan fingerprint density at radius 1 is 1.03 bits per heavy atom. The van der Waals surface area contributed by atoms with Gasteiger partial charge in [-0.05, 0) is 69.2 Å². The second-order valence-corrected chi connectivity index (χ2v) is 9.21. The van der Waals surface area contributed by atoms with Crippen molar-refractivity contribution in [3.63, 3.8) is 0 Å². The molecule has 1 aromatic rings. The number of ether oxygens (including phenoxy) is 4. The van der Waals surface area contributed by atoms with E-state index in [0.717, 1.165) is 56.6 Å². The Kier molecular flexibility index (Phi) is 9.66. The van der Waals surface area contributed by atoms with Crippen molar-refractivity contribution >= 4 is 5.97 Å². The summed E-state index contributed by atoms with van der Waals surface area (Å²) in [6, 6.07) is 5.64. The number of rotatable bonds is 10. The lowest BCUT2D eigenvalue weighted by Crippen LogP contribution is -2.39. The monoisotopic (exact) mass is 432 g/mol. The highest BCUT2D eigenvalue weighted by molar-refractivity contribution is 5.75. The molecule has 0 unspecified atom stereocenters. The van der Waals surface area contributed by atoms with Crippen molar-refractivity contribution in [2.75, 3.05) is 19.8 Å². The molecule has 1 heterocycles. The Morgan fingerprint density at radius 2 is 1.77 bits per heavy atom. The highest BCUT2D eigenvalue weighted by Crippen LogP contribution is 2.35. The molecule has 1 aliphatic carbocycles. The summed E-state index contributed by atoms with van der Waals surface area (Å²) in [7, 11) is 0. The number of aryl methyl sites for hydroxylation is 1. The number of carbonyl (C=O) groups excluding carboxylic acids is 1. The molecule has 0 spiro atoms. The predicted octanol–water partition coefficient (Wildman–Crippen LogP) is 6.07. The SMILES string of the molecule is CCCCCC1COC(C2CCC(C(=O)Oc3ccc(OCCC)cc3C)CC2)OC1. The summed E-state index contributed by atoms with van der Waals surface area (Å²) in [6.45, 7) is 8.58. The first kappa shape index (κ1) is 24.1. The smallest absolute Gasteiger partial charge is 0.314 e. The minimum Gasteiger partial charge on any atom is -0.494 e. The molecular formula is C26H40O5. The molecule has 2 aliphatic rings. The molecule has 0 aromatic heterocycles. The van der Waals surface area contributed by atoms with Gasteiger partial charge in [-0.2, -0.15) is 0 Å². The maximum Gasteiger partial charge on any atom is 0.314 e. The van der Waals surface area contributed by atoms with Crippen molar-refractivity contribution < 1.29 is 23.7 Å². The molecule has 5 heteroatoms. The number of hydrogen-bond donors (Lipinski definition) is 0. The maximum atomic E-state index is 12.7. The van der Waals surface area contributed by atoms with Gasteiger partial charge in [-0.3, -0.25) is 4.79 Å². The fraction of sp³-hybridized carbons (Fsp3) is 0.731. The third kappa shape index (κ3) is 7.21. The molecule has 31 heavy (non-hydrogen) atoms. The van der Waals surface area contributed by atoms with Crippen molar-refractivity contribution in [3.05, 3.63) is 23.8 Å². The van der Waals surface area contributed by atoms with Crippen LogP contribution in [0.4, 0.5) is 0 Å². The molecule has 0 N–H and O–H groups in total. The highest BCUT2D eigenvalue weighted by Gasteiger charge is 2.35. The average molecular weight is 433 g/mol. The molecule has 0 radical (unpaired) electrons. The third-order valence-electron chi connectivity index (χ3n) is 6.53. The van der Waals surface area contributed by atoms with E-state index in [1.165, 1.54) is 25.7 Å². The Balaban J connectivity index is 1.40. The summed E-state index contributed by atoms with van der Waals surface area (Å²) in [4.78, 5) is 12.7. The summed E-state index contributed by atoms with van der Waals surface area (Å²) in [5.41, 5.74) is 0.924. The highest BCUT2D eigenvalue weighted by atomic mass is 16.7. The molecule has 0 atom stereocenters. The number of unbranched alkanes of at least 4 members (excludes halogenated alkanes) is 2. The number of carbonyl (C=O) groups is 1. The van der Waals surface area contributed by atoms with Crippen LogP contribution >= 0.6 is 0 Å². The van der Waals surface area contributed by atoms with Gasteiger partial charge in [0.25, 0.3) is 0 Å². The molecule has 0 amide bonds. The fourth-order valence-electron chi connectivity index (χ4n) is 4.54. The Morgan fingerprint density at radius 3 is 2.42 bits per heavy atom. The molecule has 0 bridgehead atoms. The molecule has 1 saturated carbocycles. The first-order chi connectivity index (χ1) is 15.1. The molecular weight excluding hydrogens is 392 g/mol. The van der Waals surface area contributed by atoms with E-state index < -0.39 is 0 Å². The largest absolute Gasteiger partial charge is 0.494 e. The van der Waals surface area contributed by atoms with Gasteiger partial charge in [-0.1, -0.05) is 33.1 Å².